The molecule has 4 heteroatoms. The van der Waals surface area contributed by atoms with E-state index < -0.39 is 4.33 Å². The highest BCUT2D eigenvalue weighted by molar-refractivity contribution is 6.49. The summed E-state index contributed by atoms with van der Waals surface area (Å²) < 4.78 is -0.719. The summed E-state index contributed by atoms with van der Waals surface area (Å²) in [6.07, 6.45) is 19.1. The maximum Gasteiger partial charge on any atom is 0.149 e. The van der Waals surface area contributed by atoms with Crippen molar-refractivity contribution < 1.29 is 0 Å². The number of unbranched alkanes of at least 4 members (excludes halogenated alkanes) is 4. The maximum atomic E-state index is 7.07. The molecule has 0 heterocycles. The van der Waals surface area contributed by atoms with Crippen LogP contribution in [0.2, 0.25) is 0 Å². The van der Waals surface area contributed by atoms with Crippen molar-refractivity contribution in [3.8, 4) is 0 Å². The molecule has 2 fully saturated rings. The molecule has 0 aromatic heterocycles. The average Bonchev–Trinajstić information content (AvgIpc) is 2.65. The van der Waals surface area contributed by atoms with E-state index in [-0.39, 0.29) is 5.66 Å². The van der Waals surface area contributed by atoms with E-state index in [0.717, 1.165) is 31.8 Å². The van der Waals surface area contributed by atoms with Crippen LogP contribution >= 0.6 is 23.2 Å². The van der Waals surface area contributed by atoms with Crippen molar-refractivity contribution in [2.24, 2.45) is 11.8 Å². The zero-order chi connectivity index (χ0) is 19.6. The zero-order valence-electron chi connectivity index (χ0n) is 17.9. The van der Waals surface area contributed by atoms with Crippen LogP contribution in [-0.2, 0) is 0 Å². The molecule has 0 aliphatic heterocycles. The van der Waals surface area contributed by atoms with Gasteiger partial charge < -0.3 is 0 Å². The summed E-state index contributed by atoms with van der Waals surface area (Å²) in [5.74, 6) is 1.60. The number of rotatable bonds is 12. The van der Waals surface area contributed by atoms with Crippen LogP contribution in [0, 0.1) is 11.8 Å². The Morgan fingerprint density at radius 1 is 0.778 bits per heavy atom. The molecule has 0 aromatic carbocycles. The molecule has 1 unspecified atom stereocenters. The van der Waals surface area contributed by atoms with Gasteiger partial charge in [0.05, 0.1) is 0 Å². The van der Waals surface area contributed by atoms with E-state index >= 15 is 0 Å². The van der Waals surface area contributed by atoms with Gasteiger partial charge in [0.1, 0.15) is 10.00 Å². The molecule has 1 atom stereocenters. The lowest BCUT2D eigenvalue weighted by atomic mass is 9.74. The summed E-state index contributed by atoms with van der Waals surface area (Å²) in [6.45, 7) is 6.51. The van der Waals surface area contributed by atoms with Gasteiger partial charge in [0.25, 0.3) is 0 Å². The summed E-state index contributed by atoms with van der Waals surface area (Å²) >= 11 is 14.1. The largest absolute Gasteiger partial charge is 0.297 e. The Labute approximate surface area is 178 Å². The highest BCUT2D eigenvalue weighted by Gasteiger charge is 2.52. The maximum absolute atomic E-state index is 7.07. The second kappa shape index (κ2) is 12.3. The predicted octanol–water partition coefficient (Wildman–Crippen LogP) is 7.19. The lowest BCUT2D eigenvalue weighted by Crippen LogP contribution is -2.69. The Morgan fingerprint density at radius 2 is 1.37 bits per heavy atom. The minimum Gasteiger partial charge on any atom is -0.297 e. The number of hydrogen-bond donors (Lipinski definition) is 2. The van der Waals surface area contributed by atoms with Crippen LogP contribution in [0.3, 0.4) is 0 Å². The van der Waals surface area contributed by atoms with Crippen LogP contribution in [0.15, 0.2) is 0 Å². The third-order valence-electron chi connectivity index (χ3n) is 6.90. The lowest BCUT2D eigenvalue weighted by molar-refractivity contribution is 0.117. The lowest BCUT2D eigenvalue weighted by Gasteiger charge is -2.50. The molecular weight excluding hydrogens is 375 g/mol. The van der Waals surface area contributed by atoms with E-state index in [1.807, 2.05) is 0 Å². The van der Waals surface area contributed by atoms with Crippen LogP contribution in [0.4, 0.5) is 0 Å². The third kappa shape index (κ3) is 7.36. The summed E-state index contributed by atoms with van der Waals surface area (Å²) in [5, 5.41) is 7.57. The van der Waals surface area contributed by atoms with Crippen LogP contribution < -0.4 is 10.6 Å². The second-order valence-corrected chi connectivity index (χ2v) is 10.7. The normalized spacial score (nSPS) is 25.6. The topological polar surface area (TPSA) is 24.1 Å². The molecule has 2 aliphatic rings. The monoisotopic (exact) mass is 418 g/mol. The molecule has 27 heavy (non-hydrogen) atoms. The smallest absolute Gasteiger partial charge is 0.149 e. The Kier molecular flexibility index (Phi) is 10.8. The van der Waals surface area contributed by atoms with Crippen molar-refractivity contribution >= 4 is 23.2 Å². The predicted molar refractivity (Wildman–Crippen MR) is 121 cm³/mol. The van der Waals surface area contributed by atoms with Gasteiger partial charge >= 0.3 is 0 Å². The molecule has 0 bridgehead atoms. The van der Waals surface area contributed by atoms with Crippen LogP contribution in [-0.4, -0.2) is 23.1 Å². The minimum atomic E-state index is -0.719. The second-order valence-electron chi connectivity index (χ2n) is 9.23. The summed E-state index contributed by atoms with van der Waals surface area (Å²) in [6, 6.07) is 0. The molecule has 0 aromatic rings. The van der Waals surface area contributed by atoms with Gasteiger partial charge in [0.2, 0.25) is 0 Å². The van der Waals surface area contributed by atoms with Crippen LogP contribution in [0.25, 0.3) is 0 Å². The number of nitrogens with one attached hydrogen (secondary N) is 2. The molecule has 0 saturated heterocycles. The van der Waals surface area contributed by atoms with Gasteiger partial charge in [-0.3, -0.25) is 10.6 Å². The van der Waals surface area contributed by atoms with E-state index in [9.17, 15) is 0 Å². The van der Waals surface area contributed by atoms with Gasteiger partial charge in [-0.25, -0.2) is 0 Å². The van der Waals surface area contributed by atoms with Gasteiger partial charge in [-0.05, 0) is 63.5 Å². The van der Waals surface area contributed by atoms with Crippen molar-refractivity contribution in [3.05, 3.63) is 0 Å². The van der Waals surface area contributed by atoms with Crippen molar-refractivity contribution in [3.63, 3.8) is 0 Å². The Morgan fingerprint density at radius 3 is 1.89 bits per heavy atom. The van der Waals surface area contributed by atoms with Crippen molar-refractivity contribution in [1.29, 1.82) is 0 Å². The first kappa shape index (κ1) is 23.8. The van der Waals surface area contributed by atoms with Crippen molar-refractivity contribution in [2.45, 2.75) is 120 Å². The fraction of sp³-hybridized carbons (Fsp3) is 1.00. The van der Waals surface area contributed by atoms with Gasteiger partial charge in [-0.2, -0.15) is 0 Å². The standard InChI is InChI=1S/C23H44Cl2N2/c1-3-5-10-16-26-23(27-17-11-6-4-2)15-14-21(19-22(23,24)25)18-20-12-8-7-9-13-20/h20-21,26-27H,3-19H2,1-2H3. The van der Waals surface area contributed by atoms with E-state index in [1.54, 1.807) is 0 Å². The first-order valence-corrected chi connectivity index (χ1v) is 12.7. The molecule has 160 valence electrons. The van der Waals surface area contributed by atoms with Crippen molar-refractivity contribution in [1.82, 2.24) is 10.6 Å². The summed E-state index contributed by atoms with van der Waals surface area (Å²) in [4.78, 5) is 0. The van der Waals surface area contributed by atoms with Gasteiger partial charge in [-0.1, -0.05) is 94.8 Å². The van der Waals surface area contributed by atoms with Gasteiger partial charge in [0, 0.05) is 0 Å². The molecule has 2 aliphatic carbocycles. The van der Waals surface area contributed by atoms with Crippen molar-refractivity contribution in [2.75, 3.05) is 13.1 Å². The number of hydrogen-bond acceptors (Lipinski definition) is 2. The molecule has 2 rings (SSSR count). The average molecular weight is 420 g/mol. The molecule has 2 saturated carbocycles. The van der Waals surface area contributed by atoms with E-state index in [0.29, 0.717) is 5.92 Å². The molecule has 0 amide bonds. The van der Waals surface area contributed by atoms with E-state index in [4.69, 9.17) is 23.2 Å². The van der Waals surface area contributed by atoms with Crippen LogP contribution in [0.1, 0.15) is 110 Å². The fourth-order valence-electron chi connectivity index (χ4n) is 5.19. The van der Waals surface area contributed by atoms with E-state index in [2.05, 4.69) is 24.5 Å². The van der Waals surface area contributed by atoms with Gasteiger partial charge in [0.15, 0.2) is 0 Å². The Balaban J connectivity index is 1.94. The number of halogens is 2. The molecule has 0 radical (unpaired) electrons. The molecule has 2 N–H and O–H groups in total. The third-order valence-corrected chi connectivity index (χ3v) is 7.86. The minimum absolute atomic E-state index is 0.319. The number of alkyl halides is 2. The SMILES string of the molecule is CCCCCNC1(NCCCCC)CCC(CC2CCCCC2)CC1(Cl)Cl. The highest BCUT2D eigenvalue weighted by Crippen LogP contribution is 2.48. The summed E-state index contributed by atoms with van der Waals surface area (Å²) in [5.41, 5.74) is -0.319. The first-order valence-electron chi connectivity index (χ1n) is 11.9. The van der Waals surface area contributed by atoms with E-state index in [1.165, 1.54) is 83.5 Å². The quantitative estimate of drug-likeness (QED) is 0.199. The molecular formula is C23H44Cl2N2. The Bertz CT molecular complexity index is 382. The zero-order valence-corrected chi connectivity index (χ0v) is 19.4. The fourth-order valence-corrected chi connectivity index (χ4v) is 6.08. The molecule has 2 nitrogen and oxygen atoms in total. The van der Waals surface area contributed by atoms with Gasteiger partial charge in [-0.15, -0.1) is 0 Å². The Hall–Kier alpha value is 0.500. The molecule has 0 spiro atoms. The highest BCUT2D eigenvalue weighted by atomic mass is 35.5. The van der Waals surface area contributed by atoms with Crippen LogP contribution in [0.5, 0.6) is 0 Å². The first-order chi connectivity index (χ1) is 13.0. The summed E-state index contributed by atoms with van der Waals surface area (Å²) in [7, 11) is 0.